The van der Waals surface area contributed by atoms with Gasteiger partial charge >= 0.3 is 0 Å². The predicted octanol–water partition coefficient (Wildman–Crippen LogP) is 7.79. The van der Waals surface area contributed by atoms with Gasteiger partial charge in [-0.05, 0) is 71.8 Å². The van der Waals surface area contributed by atoms with Gasteiger partial charge in [-0.3, -0.25) is 0 Å². The molecule has 0 atom stereocenters. The molecule has 0 N–H and O–H groups in total. The molecule has 10 heteroatoms. The van der Waals surface area contributed by atoms with E-state index in [9.17, 15) is 0 Å². The second kappa shape index (κ2) is 10.0. The number of fused-ring (bicyclic) bond motifs is 2. The number of hydrogen-bond acceptors (Lipinski definition) is 10. The quantitative estimate of drug-likeness (QED) is 0.176. The first-order chi connectivity index (χ1) is 13.7. The van der Waals surface area contributed by atoms with Crippen LogP contribution in [0.5, 0.6) is 0 Å². The molecule has 0 aliphatic rings. The monoisotopic (exact) mass is 484 g/mol. The Labute approximate surface area is 188 Å². The number of benzene rings is 2. The second-order valence-corrected chi connectivity index (χ2v) is 11.8. The van der Waals surface area contributed by atoms with E-state index < -0.39 is 0 Å². The molecule has 4 aromatic rings. The summed E-state index contributed by atoms with van der Waals surface area (Å²) in [5.74, 6) is 0. The van der Waals surface area contributed by atoms with Crippen LogP contribution in [0.4, 0.5) is 0 Å². The Bertz CT molecular complexity index is 995. The van der Waals surface area contributed by atoms with Crippen molar-refractivity contribution in [3.63, 3.8) is 0 Å². The van der Waals surface area contributed by atoms with Crippen molar-refractivity contribution in [2.45, 2.75) is 32.3 Å². The molecule has 0 amide bonds. The van der Waals surface area contributed by atoms with Gasteiger partial charge in [-0.1, -0.05) is 0 Å². The smallest absolute Gasteiger partial charge is 0.162 e. The molecule has 0 spiro atoms. The van der Waals surface area contributed by atoms with Gasteiger partial charge in [-0.2, -0.15) is 0 Å². The normalized spacial score (nSPS) is 11.6. The molecule has 0 aliphatic carbocycles. The molecule has 0 unspecified atom stereocenters. The van der Waals surface area contributed by atoms with E-state index in [1.54, 1.807) is 44.3 Å². The molecule has 0 bridgehead atoms. The fourth-order valence-corrected chi connectivity index (χ4v) is 8.08. The maximum absolute atomic E-state index is 5.41. The van der Waals surface area contributed by atoms with Crippen LogP contribution in [-0.4, -0.2) is 23.2 Å². The SMILES string of the molecule is CCOSc1ccc2nc(SSc3nc4ccc(SOCC)cc4s3)sc2c1. The van der Waals surface area contributed by atoms with Crippen molar-refractivity contribution in [3.05, 3.63) is 36.4 Å². The van der Waals surface area contributed by atoms with E-state index in [1.807, 2.05) is 13.8 Å². The molecule has 0 radical (unpaired) electrons. The highest BCUT2D eigenvalue weighted by Crippen LogP contribution is 2.44. The van der Waals surface area contributed by atoms with Gasteiger partial charge in [0.15, 0.2) is 8.68 Å². The first kappa shape index (κ1) is 20.8. The van der Waals surface area contributed by atoms with Crippen LogP contribution < -0.4 is 0 Å². The van der Waals surface area contributed by atoms with Crippen LogP contribution >= 0.6 is 68.3 Å². The van der Waals surface area contributed by atoms with Crippen molar-refractivity contribution in [2.75, 3.05) is 13.2 Å². The summed E-state index contributed by atoms with van der Waals surface area (Å²) in [6, 6.07) is 12.5. The van der Waals surface area contributed by atoms with Crippen LogP contribution in [0.25, 0.3) is 20.4 Å². The molecule has 4 rings (SSSR count). The van der Waals surface area contributed by atoms with E-state index in [-0.39, 0.29) is 0 Å². The number of thiazole rings is 2. The summed E-state index contributed by atoms with van der Waals surface area (Å²) in [5, 5.41) is 0. The Morgan fingerprint density at radius 2 is 1.21 bits per heavy atom. The molecular formula is C18H16N2O2S6. The molecule has 2 aromatic heterocycles. The van der Waals surface area contributed by atoms with E-state index in [4.69, 9.17) is 18.3 Å². The summed E-state index contributed by atoms with van der Waals surface area (Å²) in [5.41, 5.74) is 2.05. The third-order valence-electron chi connectivity index (χ3n) is 3.41. The highest BCUT2D eigenvalue weighted by atomic mass is 33.1. The standard InChI is InChI=1S/C18H16N2O2S6/c1-3-21-25-11-5-7-13-15(9-11)23-17(19-13)27-28-18-20-14-8-6-12(26-22-4-2)10-16(14)24-18/h5-10H,3-4H2,1-2H3. The number of nitrogens with zero attached hydrogens (tertiary/aromatic N) is 2. The summed E-state index contributed by atoms with van der Waals surface area (Å²) in [6.07, 6.45) is 0. The zero-order valence-electron chi connectivity index (χ0n) is 15.0. The lowest BCUT2D eigenvalue weighted by Crippen LogP contribution is -1.77. The Morgan fingerprint density at radius 1 is 0.750 bits per heavy atom. The molecule has 0 saturated heterocycles. The maximum Gasteiger partial charge on any atom is 0.162 e. The lowest BCUT2D eigenvalue weighted by Gasteiger charge is -1.98. The molecule has 0 aliphatic heterocycles. The summed E-state index contributed by atoms with van der Waals surface area (Å²) in [6.45, 7) is 5.37. The Balaban J connectivity index is 1.44. The first-order valence-corrected chi connectivity index (χ1v) is 13.8. The van der Waals surface area contributed by atoms with Crippen LogP contribution in [0.15, 0.2) is 54.9 Å². The second-order valence-electron chi connectivity index (χ2n) is 5.36. The molecular weight excluding hydrogens is 469 g/mol. The third-order valence-corrected chi connectivity index (χ3v) is 10.0. The molecule has 2 aromatic carbocycles. The molecule has 2 heterocycles. The topological polar surface area (TPSA) is 44.2 Å². The zero-order valence-corrected chi connectivity index (χ0v) is 19.9. The van der Waals surface area contributed by atoms with Crippen molar-refractivity contribution >= 4 is 88.8 Å². The molecule has 0 fully saturated rings. The van der Waals surface area contributed by atoms with Gasteiger partial charge in [0.1, 0.15) is 0 Å². The van der Waals surface area contributed by atoms with Gasteiger partial charge in [-0.25, -0.2) is 9.97 Å². The van der Waals surface area contributed by atoms with Crippen molar-refractivity contribution in [2.24, 2.45) is 0 Å². The predicted molar refractivity (Wildman–Crippen MR) is 126 cm³/mol. The minimum Gasteiger partial charge on any atom is -0.311 e. The van der Waals surface area contributed by atoms with Gasteiger partial charge < -0.3 is 8.37 Å². The van der Waals surface area contributed by atoms with Crippen molar-refractivity contribution < 1.29 is 8.37 Å². The molecule has 4 nitrogen and oxygen atoms in total. The third kappa shape index (κ3) is 5.17. The first-order valence-electron chi connectivity index (χ1n) is 8.50. The van der Waals surface area contributed by atoms with Gasteiger partial charge in [0.25, 0.3) is 0 Å². The average molecular weight is 485 g/mol. The van der Waals surface area contributed by atoms with E-state index in [2.05, 4.69) is 36.4 Å². The molecule has 28 heavy (non-hydrogen) atoms. The van der Waals surface area contributed by atoms with Gasteiger partial charge in [0, 0.05) is 33.9 Å². The Hall–Kier alpha value is -0.460. The summed E-state index contributed by atoms with van der Waals surface area (Å²) < 4.78 is 15.2. The Kier molecular flexibility index (Phi) is 7.45. The van der Waals surface area contributed by atoms with Gasteiger partial charge in [0.2, 0.25) is 0 Å². The van der Waals surface area contributed by atoms with E-state index >= 15 is 0 Å². The summed E-state index contributed by atoms with van der Waals surface area (Å²) >= 11 is 6.23. The lowest BCUT2D eigenvalue weighted by molar-refractivity contribution is 0.401. The summed E-state index contributed by atoms with van der Waals surface area (Å²) in [7, 11) is 3.32. The maximum atomic E-state index is 5.41. The van der Waals surface area contributed by atoms with Crippen LogP contribution in [-0.2, 0) is 8.37 Å². The highest BCUT2D eigenvalue weighted by molar-refractivity contribution is 8.77. The van der Waals surface area contributed by atoms with Crippen molar-refractivity contribution in [1.82, 2.24) is 9.97 Å². The van der Waals surface area contributed by atoms with Crippen LogP contribution in [0, 0.1) is 0 Å². The summed E-state index contributed by atoms with van der Waals surface area (Å²) in [4.78, 5) is 11.6. The number of rotatable bonds is 9. The van der Waals surface area contributed by atoms with Crippen LogP contribution in [0.2, 0.25) is 0 Å². The number of aromatic nitrogens is 2. The highest BCUT2D eigenvalue weighted by Gasteiger charge is 2.10. The van der Waals surface area contributed by atoms with Gasteiger partial charge in [0.05, 0.1) is 33.6 Å². The number of hydrogen-bond donors (Lipinski definition) is 0. The van der Waals surface area contributed by atoms with Crippen molar-refractivity contribution in [1.29, 1.82) is 0 Å². The minimum absolute atomic E-state index is 0.692. The zero-order chi connectivity index (χ0) is 19.3. The fraction of sp³-hybridized carbons (Fsp3) is 0.222. The van der Waals surface area contributed by atoms with Crippen molar-refractivity contribution in [3.8, 4) is 0 Å². The van der Waals surface area contributed by atoms with Gasteiger partial charge in [-0.15, -0.1) is 22.7 Å². The molecule has 0 saturated carbocycles. The lowest BCUT2D eigenvalue weighted by atomic mass is 10.3. The van der Waals surface area contributed by atoms with E-state index in [0.29, 0.717) is 13.2 Å². The largest absolute Gasteiger partial charge is 0.311 e. The Morgan fingerprint density at radius 3 is 1.64 bits per heavy atom. The van der Waals surface area contributed by atoms with Crippen LogP contribution in [0.3, 0.4) is 0 Å². The van der Waals surface area contributed by atoms with Crippen LogP contribution in [0.1, 0.15) is 13.8 Å². The fourth-order valence-electron chi connectivity index (χ4n) is 2.27. The van der Waals surface area contributed by atoms with E-state index in [0.717, 1.165) is 29.5 Å². The minimum atomic E-state index is 0.692. The molecule has 146 valence electrons. The average Bonchev–Trinajstić information content (AvgIpc) is 3.31. The van der Waals surface area contributed by atoms with E-state index in [1.165, 1.54) is 33.5 Å².